The van der Waals surface area contributed by atoms with Gasteiger partial charge in [-0.3, -0.25) is 14.3 Å². The van der Waals surface area contributed by atoms with E-state index in [0.29, 0.717) is 12.2 Å². The van der Waals surface area contributed by atoms with Gasteiger partial charge in [-0.1, -0.05) is 0 Å². The van der Waals surface area contributed by atoms with Crippen molar-refractivity contribution < 1.29 is 9.59 Å². The molecule has 0 saturated carbocycles. The summed E-state index contributed by atoms with van der Waals surface area (Å²) in [6.07, 6.45) is 1.43. The largest absolute Gasteiger partial charge is 0.396 e. The van der Waals surface area contributed by atoms with Crippen molar-refractivity contribution in [3.63, 3.8) is 0 Å². The van der Waals surface area contributed by atoms with Crippen LogP contribution in [-0.2, 0) is 11.3 Å². The molecule has 1 atom stereocenters. The van der Waals surface area contributed by atoms with E-state index in [4.69, 9.17) is 5.73 Å². The highest BCUT2D eigenvalue weighted by molar-refractivity contribution is 5.99. The number of aryl methyl sites for hydroxylation is 1. The zero-order valence-corrected chi connectivity index (χ0v) is 11.7. The van der Waals surface area contributed by atoms with E-state index < -0.39 is 11.9 Å². The maximum Gasteiger partial charge on any atom is 0.272 e. The number of anilines is 1. The van der Waals surface area contributed by atoms with E-state index in [2.05, 4.69) is 15.7 Å². The average molecular weight is 267 g/mol. The first-order chi connectivity index (χ1) is 8.86. The molecule has 0 aliphatic carbocycles. The van der Waals surface area contributed by atoms with Crippen LogP contribution in [0, 0.1) is 0 Å². The van der Waals surface area contributed by atoms with Gasteiger partial charge in [-0.2, -0.15) is 5.10 Å². The van der Waals surface area contributed by atoms with E-state index in [1.54, 1.807) is 6.92 Å². The number of carbonyl (C=O) groups excluding carboxylic acids is 2. The lowest BCUT2D eigenvalue weighted by molar-refractivity contribution is -0.123. The molecule has 19 heavy (non-hydrogen) atoms. The molecule has 1 unspecified atom stereocenters. The Morgan fingerprint density at radius 3 is 2.53 bits per heavy atom. The molecule has 1 aromatic heterocycles. The van der Waals surface area contributed by atoms with Gasteiger partial charge in [-0.25, -0.2) is 0 Å². The zero-order valence-electron chi connectivity index (χ0n) is 11.7. The molecule has 1 heterocycles. The molecule has 1 aromatic rings. The zero-order chi connectivity index (χ0) is 14.6. The summed E-state index contributed by atoms with van der Waals surface area (Å²) in [5.74, 6) is -0.632. The van der Waals surface area contributed by atoms with Gasteiger partial charge in [-0.15, -0.1) is 0 Å². The van der Waals surface area contributed by atoms with Crippen LogP contribution in [0.4, 0.5) is 5.69 Å². The monoisotopic (exact) mass is 267 g/mol. The van der Waals surface area contributed by atoms with Gasteiger partial charge in [-0.05, 0) is 27.7 Å². The number of aromatic nitrogens is 2. The fourth-order valence-electron chi connectivity index (χ4n) is 1.63. The van der Waals surface area contributed by atoms with Gasteiger partial charge in [0.15, 0.2) is 0 Å². The number of nitrogens with zero attached hydrogens (tertiary/aromatic N) is 2. The van der Waals surface area contributed by atoms with E-state index >= 15 is 0 Å². The predicted octanol–water partition coefficient (Wildman–Crippen LogP) is 0.128. The van der Waals surface area contributed by atoms with Gasteiger partial charge in [0.25, 0.3) is 5.91 Å². The number of hydrogen-bond acceptors (Lipinski definition) is 4. The Labute approximate surface area is 112 Å². The maximum absolute atomic E-state index is 12.1. The van der Waals surface area contributed by atoms with E-state index in [9.17, 15) is 9.59 Å². The summed E-state index contributed by atoms with van der Waals surface area (Å²) in [4.78, 5) is 23.8. The summed E-state index contributed by atoms with van der Waals surface area (Å²) < 4.78 is 1.50. The summed E-state index contributed by atoms with van der Waals surface area (Å²) in [6, 6.07) is -0.604. The molecule has 0 spiro atoms. The molecule has 2 amide bonds. The third-order valence-corrected chi connectivity index (χ3v) is 2.55. The quantitative estimate of drug-likeness (QED) is 0.705. The Balaban J connectivity index is 2.74. The van der Waals surface area contributed by atoms with Gasteiger partial charge < -0.3 is 16.4 Å². The van der Waals surface area contributed by atoms with Crippen LogP contribution in [0.5, 0.6) is 0 Å². The van der Waals surface area contributed by atoms with Gasteiger partial charge in [0.05, 0.1) is 11.9 Å². The number of nitrogen functional groups attached to an aromatic ring is 1. The van der Waals surface area contributed by atoms with Crippen LogP contribution < -0.4 is 16.4 Å². The molecule has 1 rings (SSSR count). The smallest absolute Gasteiger partial charge is 0.272 e. The summed E-state index contributed by atoms with van der Waals surface area (Å²) >= 11 is 0. The summed E-state index contributed by atoms with van der Waals surface area (Å²) in [5.41, 5.74) is 6.29. The standard InChI is InChI=1S/C12H21N5O2/c1-5-17-10(9(13)6-14-17)12(19)16-8(4)11(18)15-7(2)3/h6-8H,5,13H2,1-4H3,(H,15,18)(H,16,19). The lowest BCUT2D eigenvalue weighted by Gasteiger charge is -2.16. The molecule has 7 heteroatoms. The van der Waals surface area contributed by atoms with Crippen molar-refractivity contribution in [3.8, 4) is 0 Å². The van der Waals surface area contributed by atoms with Crippen molar-refractivity contribution in [2.75, 3.05) is 5.73 Å². The SMILES string of the molecule is CCn1ncc(N)c1C(=O)NC(C)C(=O)NC(C)C. The Kier molecular flexibility index (Phi) is 4.91. The van der Waals surface area contributed by atoms with Gasteiger partial charge >= 0.3 is 0 Å². The minimum atomic E-state index is -0.630. The summed E-state index contributed by atoms with van der Waals surface area (Å²) in [6.45, 7) is 7.73. The molecule has 0 aliphatic heterocycles. The van der Waals surface area contributed by atoms with Crippen molar-refractivity contribution in [1.29, 1.82) is 0 Å². The van der Waals surface area contributed by atoms with E-state index in [-0.39, 0.29) is 17.6 Å². The second-order valence-electron chi connectivity index (χ2n) is 4.62. The Bertz CT molecular complexity index is 467. The number of rotatable bonds is 5. The number of nitrogens with two attached hydrogens (primary N) is 1. The highest BCUT2D eigenvalue weighted by atomic mass is 16.2. The first-order valence-corrected chi connectivity index (χ1v) is 6.29. The third-order valence-electron chi connectivity index (χ3n) is 2.55. The highest BCUT2D eigenvalue weighted by Crippen LogP contribution is 2.10. The van der Waals surface area contributed by atoms with Crippen molar-refractivity contribution in [1.82, 2.24) is 20.4 Å². The Morgan fingerprint density at radius 2 is 2.00 bits per heavy atom. The topological polar surface area (TPSA) is 102 Å². The van der Waals surface area contributed by atoms with Crippen LogP contribution in [0.25, 0.3) is 0 Å². The van der Waals surface area contributed by atoms with Crippen LogP contribution >= 0.6 is 0 Å². The molecule has 0 aliphatic rings. The first-order valence-electron chi connectivity index (χ1n) is 6.29. The minimum absolute atomic E-state index is 0.0260. The van der Waals surface area contributed by atoms with Gasteiger partial charge in [0.2, 0.25) is 5.91 Å². The number of nitrogens with one attached hydrogen (secondary N) is 2. The fraction of sp³-hybridized carbons (Fsp3) is 0.583. The van der Waals surface area contributed by atoms with E-state index in [1.807, 2.05) is 20.8 Å². The minimum Gasteiger partial charge on any atom is -0.396 e. The lowest BCUT2D eigenvalue weighted by Crippen LogP contribution is -2.47. The van der Waals surface area contributed by atoms with Gasteiger partial charge in [0.1, 0.15) is 11.7 Å². The summed E-state index contributed by atoms with van der Waals surface area (Å²) in [7, 11) is 0. The molecule has 0 aromatic carbocycles. The second kappa shape index (κ2) is 6.21. The predicted molar refractivity (Wildman–Crippen MR) is 72.5 cm³/mol. The first kappa shape index (κ1) is 15.0. The lowest BCUT2D eigenvalue weighted by atomic mass is 10.2. The number of hydrogen-bond donors (Lipinski definition) is 3. The second-order valence-corrected chi connectivity index (χ2v) is 4.62. The Hall–Kier alpha value is -2.05. The molecule has 106 valence electrons. The van der Waals surface area contributed by atoms with E-state index in [1.165, 1.54) is 10.9 Å². The molecular formula is C12H21N5O2. The van der Waals surface area contributed by atoms with Crippen molar-refractivity contribution in [3.05, 3.63) is 11.9 Å². The summed E-state index contributed by atoms with van der Waals surface area (Å²) in [5, 5.41) is 9.33. The van der Waals surface area contributed by atoms with E-state index in [0.717, 1.165) is 0 Å². The van der Waals surface area contributed by atoms with Crippen molar-refractivity contribution in [2.24, 2.45) is 0 Å². The van der Waals surface area contributed by atoms with Crippen LogP contribution in [0.2, 0.25) is 0 Å². The van der Waals surface area contributed by atoms with Crippen LogP contribution in [0.3, 0.4) is 0 Å². The average Bonchev–Trinajstić information content (AvgIpc) is 2.69. The maximum atomic E-state index is 12.1. The molecule has 0 fully saturated rings. The van der Waals surface area contributed by atoms with Gasteiger partial charge in [0, 0.05) is 12.6 Å². The van der Waals surface area contributed by atoms with Crippen molar-refractivity contribution >= 4 is 17.5 Å². The highest BCUT2D eigenvalue weighted by Gasteiger charge is 2.21. The van der Waals surface area contributed by atoms with Crippen LogP contribution in [0.1, 0.15) is 38.2 Å². The third kappa shape index (κ3) is 3.70. The van der Waals surface area contributed by atoms with Crippen molar-refractivity contribution in [2.45, 2.75) is 46.3 Å². The molecule has 0 saturated heterocycles. The number of amides is 2. The fourth-order valence-corrected chi connectivity index (χ4v) is 1.63. The molecule has 7 nitrogen and oxygen atoms in total. The molecular weight excluding hydrogens is 246 g/mol. The molecule has 0 radical (unpaired) electrons. The normalized spacial score (nSPS) is 12.3. The molecule has 4 N–H and O–H groups in total. The number of carbonyl (C=O) groups is 2. The van der Waals surface area contributed by atoms with Crippen LogP contribution in [0.15, 0.2) is 6.20 Å². The Morgan fingerprint density at radius 1 is 1.37 bits per heavy atom. The molecule has 0 bridgehead atoms. The van der Waals surface area contributed by atoms with Crippen LogP contribution in [-0.4, -0.2) is 33.7 Å².